The van der Waals surface area contributed by atoms with Gasteiger partial charge in [0.15, 0.2) is 5.78 Å². The number of carbonyl (C=O) groups excluding carboxylic acids is 1. The van der Waals surface area contributed by atoms with Crippen LogP contribution < -0.4 is 4.74 Å². The number of nitrogens with zero attached hydrogens (tertiary/aromatic N) is 1. The van der Waals surface area contributed by atoms with Crippen molar-refractivity contribution in [3.8, 4) is 10.9 Å². The summed E-state index contributed by atoms with van der Waals surface area (Å²) in [6.07, 6.45) is 3.33. The van der Waals surface area contributed by atoms with E-state index in [9.17, 15) is 9.90 Å². The minimum atomic E-state index is -0.175. The van der Waals surface area contributed by atoms with Crippen LogP contribution in [0.3, 0.4) is 0 Å². The number of aliphatic hydroxyl groups excluding tert-OH is 1. The van der Waals surface area contributed by atoms with E-state index in [1.54, 1.807) is 0 Å². The number of carbonyl (C=O) groups is 1. The first kappa shape index (κ1) is 21.4. The van der Waals surface area contributed by atoms with Crippen molar-refractivity contribution in [1.82, 2.24) is 4.98 Å². The summed E-state index contributed by atoms with van der Waals surface area (Å²) in [6, 6.07) is 11.2. The minimum absolute atomic E-state index is 0.00266. The second-order valence-corrected chi connectivity index (χ2v) is 10.0. The zero-order chi connectivity index (χ0) is 22.3. The number of Topliss-reactive ketones (excluding diaryl/α,β-unsaturated/α-hetero) is 1. The van der Waals surface area contributed by atoms with Gasteiger partial charge in [-0.25, -0.2) is 4.98 Å². The zero-order valence-corrected chi connectivity index (χ0v) is 19.4. The van der Waals surface area contributed by atoms with Gasteiger partial charge in [-0.1, -0.05) is 35.9 Å². The largest absolute Gasteiger partial charge is 0.512 e. The van der Waals surface area contributed by atoms with Crippen molar-refractivity contribution in [3.05, 3.63) is 58.3 Å². The van der Waals surface area contributed by atoms with Gasteiger partial charge >= 0.3 is 0 Å². The van der Waals surface area contributed by atoms with Crippen LogP contribution in [0.25, 0.3) is 15.8 Å². The molecule has 0 radical (unpaired) electrons. The number of aryl methyl sites for hydroxylation is 1. The van der Waals surface area contributed by atoms with Gasteiger partial charge in [0.05, 0.1) is 15.8 Å². The normalized spacial score (nSPS) is 18.5. The predicted octanol–water partition coefficient (Wildman–Crippen LogP) is 6.73. The van der Waals surface area contributed by atoms with Crippen LogP contribution in [-0.2, 0) is 16.0 Å². The Morgan fingerprint density at radius 3 is 2.75 bits per heavy atom. The maximum atomic E-state index is 13.2. The highest BCUT2D eigenvalue weighted by Crippen LogP contribution is 2.47. The van der Waals surface area contributed by atoms with Gasteiger partial charge < -0.3 is 14.6 Å². The Morgan fingerprint density at radius 1 is 1.19 bits per heavy atom. The third kappa shape index (κ3) is 4.03. The molecule has 7 heteroatoms. The number of fused-ring (bicyclic) bond motifs is 1. The van der Waals surface area contributed by atoms with Gasteiger partial charge in [0.25, 0.3) is 5.19 Å². The number of allylic oxidation sites excluding steroid dienone is 2. The molecule has 2 heterocycles. The molecule has 0 unspecified atom stereocenters. The van der Waals surface area contributed by atoms with Crippen LogP contribution in [0.15, 0.2) is 42.2 Å². The fourth-order valence-corrected chi connectivity index (χ4v) is 5.73. The SMILES string of the molecule is CCc1ccc(Oc2nc3cc(Cl)ccc3s2)cc1C1=C(O)CC2(CCOCC2)CC1=O. The highest BCUT2D eigenvalue weighted by Gasteiger charge is 2.41. The first-order valence-electron chi connectivity index (χ1n) is 10.9. The van der Waals surface area contributed by atoms with E-state index in [1.807, 2.05) is 43.3 Å². The molecule has 32 heavy (non-hydrogen) atoms. The van der Waals surface area contributed by atoms with Gasteiger partial charge in [-0.05, 0) is 66.1 Å². The Kier molecular flexibility index (Phi) is 5.70. The van der Waals surface area contributed by atoms with Crippen molar-refractivity contribution in [3.63, 3.8) is 0 Å². The van der Waals surface area contributed by atoms with Gasteiger partial charge in [-0.3, -0.25) is 4.79 Å². The summed E-state index contributed by atoms with van der Waals surface area (Å²) in [6.45, 7) is 3.33. The predicted molar refractivity (Wildman–Crippen MR) is 127 cm³/mol. The number of ketones is 1. The van der Waals surface area contributed by atoms with E-state index in [0.717, 1.165) is 40.6 Å². The Bertz CT molecular complexity index is 1230. The van der Waals surface area contributed by atoms with Crippen molar-refractivity contribution in [2.75, 3.05) is 13.2 Å². The summed E-state index contributed by atoms with van der Waals surface area (Å²) in [7, 11) is 0. The summed E-state index contributed by atoms with van der Waals surface area (Å²) in [5, 5.41) is 12.1. The molecule has 2 aliphatic rings. The molecular formula is C25H24ClNO4S. The molecule has 2 aromatic carbocycles. The van der Waals surface area contributed by atoms with Crippen molar-refractivity contribution in [2.45, 2.75) is 39.0 Å². The molecule has 166 valence electrons. The van der Waals surface area contributed by atoms with Gasteiger partial charge in [0.1, 0.15) is 11.5 Å². The molecule has 1 aliphatic carbocycles. The second kappa shape index (κ2) is 8.50. The van der Waals surface area contributed by atoms with E-state index in [-0.39, 0.29) is 17.0 Å². The molecule has 5 nitrogen and oxygen atoms in total. The minimum Gasteiger partial charge on any atom is -0.512 e. The molecule has 0 atom stereocenters. The lowest BCUT2D eigenvalue weighted by atomic mass is 9.67. The molecule has 1 saturated heterocycles. The standard InChI is InChI=1S/C25H24ClNO4S/c1-2-15-3-5-17(31-24-27-19-11-16(26)4-6-22(19)32-24)12-18(15)23-20(28)13-25(14-21(23)29)7-9-30-10-8-25/h3-6,11-12,28H,2,7-10,13-14H2,1H3. The Balaban J connectivity index is 1.49. The number of hydrogen-bond acceptors (Lipinski definition) is 6. The van der Waals surface area contributed by atoms with E-state index in [0.29, 0.717) is 47.6 Å². The molecule has 1 N–H and O–H groups in total. The number of halogens is 1. The van der Waals surface area contributed by atoms with Crippen LogP contribution in [0, 0.1) is 5.41 Å². The third-order valence-electron chi connectivity index (χ3n) is 6.47. The lowest BCUT2D eigenvalue weighted by Crippen LogP contribution is -2.36. The zero-order valence-electron chi connectivity index (χ0n) is 17.8. The van der Waals surface area contributed by atoms with E-state index >= 15 is 0 Å². The number of benzene rings is 2. The molecule has 1 aromatic heterocycles. The molecule has 0 amide bonds. The molecule has 5 rings (SSSR count). The number of ether oxygens (including phenoxy) is 2. The summed E-state index contributed by atoms with van der Waals surface area (Å²) < 4.78 is 12.5. The fourth-order valence-electron chi connectivity index (χ4n) is 4.74. The molecule has 1 aliphatic heterocycles. The van der Waals surface area contributed by atoms with Crippen LogP contribution in [0.4, 0.5) is 0 Å². The Labute approximate surface area is 195 Å². The van der Waals surface area contributed by atoms with Crippen LogP contribution in [0.1, 0.15) is 43.7 Å². The molecule has 0 saturated carbocycles. The molecular weight excluding hydrogens is 446 g/mol. The van der Waals surface area contributed by atoms with Crippen LogP contribution >= 0.6 is 22.9 Å². The first-order chi connectivity index (χ1) is 15.5. The Morgan fingerprint density at radius 2 is 2.00 bits per heavy atom. The lowest BCUT2D eigenvalue weighted by Gasteiger charge is -2.39. The molecule has 3 aromatic rings. The van der Waals surface area contributed by atoms with Crippen molar-refractivity contribution >= 4 is 44.5 Å². The summed E-state index contributed by atoms with van der Waals surface area (Å²) >= 11 is 7.50. The maximum Gasteiger partial charge on any atom is 0.279 e. The van der Waals surface area contributed by atoms with Crippen molar-refractivity contribution < 1.29 is 19.4 Å². The smallest absolute Gasteiger partial charge is 0.279 e. The topological polar surface area (TPSA) is 68.7 Å². The number of thiazole rings is 1. The highest BCUT2D eigenvalue weighted by molar-refractivity contribution is 7.20. The van der Waals surface area contributed by atoms with Gasteiger partial charge in [0, 0.05) is 31.1 Å². The van der Waals surface area contributed by atoms with Crippen molar-refractivity contribution in [2.24, 2.45) is 5.41 Å². The van der Waals surface area contributed by atoms with Crippen LogP contribution in [0.5, 0.6) is 10.9 Å². The summed E-state index contributed by atoms with van der Waals surface area (Å²) in [4.78, 5) is 17.8. The van der Waals surface area contributed by atoms with Crippen molar-refractivity contribution in [1.29, 1.82) is 0 Å². The highest BCUT2D eigenvalue weighted by atomic mass is 35.5. The third-order valence-corrected chi connectivity index (χ3v) is 7.62. The van der Waals surface area contributed by atoms with E-state index in [4.69, 9.17) is 21.1 Å². The molecule has 0 bridgehead atoms. The van der Waals surface area contributed by atoms with Gasteiger partial charge in [-0.2, -0.15) is 0 Å². The quantitative estimate of drug-likeness (QED) is 0.458. The average molecular weight is 470 g/mol. The fraction of sp³-hybridized carbons (Fsp3) is 0.360. The lowest BCUT2D eigenvalue weighted by molar-refractivity contribution is -0.118. The number of aliphatic hydroxyl groups is 1. The first-order valence-corrected chi connectivity index (χ1v) is 12.1. The average Bonchev–Trinajstić information content (AvgIpc) is 3.15. The van der Waals surface area contributed by atoms with Crippen LogP contribution in [-0.4, -0.2) is 29.1 Å². The summed E-state index contributed by atoms with van der Waals surface area (Å²) in [5.41, 5.74) is 2.80. The summed E-state index contributed by atoms with van der Waals surface area (Å²) in [5.74, 6) is 0.767. The maximum absolute atomic E-state index is 13.2. The van der Waals surface area contributed by atoms with Gasteiger partial charge in [0.2, 0.25) is 0 Å². The van der Waals surface area contributed by atoms with E-state index in [2.05, 4.69) is 4.98 Å². The number of hydrogen-bond donors (Lipinski definition) is 1. The van der Waals surface area contributed by atoms with Gasteiger partial charge in [-0.15, -0.1) is 0 Å². The molecule has 1 spiro atoms. The molecule has 1 fully saturated rings. The Hall–Kier alpha value is -2.41. The van der Waals surface area contributed by atoms with E-state index in [1.165, 1.54) is 11.3 Å². The van der Waals surface area contributed by atoms with E-state index < -0.39 is 0 Å². The number of aromatic nitrogens is 1. The van der Waals surface area contributed by atoms with Crippen LogP contribution in [0.2, 0.25) is 5.02 Å². The second-order valence-electron chi connectivity index (χ2n) is 8.58. The number of rotatable bonds is 4. The monoisotopic (exact) mass is 469 g/mol.